The highest BCUT2D eigenvalue weighted by atomic mass is 35.5. The van der Waals surface area contributed by atoms with E-state index in [9.17, 15) is 4.79 Å². The summed E-state index contributed by atoms with van der Waals surface area (Å²) in [7, 11) is 0. The van der Waals surface area contributed by atoms with Gasteiger partial charge < -0.3 is 11.5 Å². The van der Waals surface area contributed by atoms with Gasteiger partial charge in [-0.2, -0.15) is 0 Å². The lowest BCUT2D eigenvalue weighted by atomic mass is 9.62. The Balaban J connectivity index is 2.33. The number of hydrogen-bond acceptors (Lipinski definition) is 2. The summed E-state index contributed by atoms with van der Waals surface area (Å²) in [6.45, 7) is 0. The summed E-state index contributed by atoms with van der Waals surface area (Å²) in [6, 6.07) is 4.77. The minimum Gasteiger partial charge on any atom is -0.369 e. The first-order valence-electron chi connectivity index (χ1n) is 5.48. The van der Waals surface area contributed by atoms with Crippen molar-refractivity contribution in [2.24, 2.45) is 16.9 Å². The summed E-state index contributed by atoms with van der Waals surface area (Å²) in [5, 5.41) is 0.919. The quantitative estimate of drug-likeness (QED) is 0.888. The maximum atomic E-state index is 11.6. The van der Waals surface area contributed by atoms with Crippen LogP contribution in [-0.2, 0) is 4.79 Å². The Morgan fingerprint density at radius 3 is 2.35 bits per heavy atom. The van der Waals surface area contributed by atoms with Gasteiger partial charge in [0.1, 0.15) is 0 Å². The predicted octanol–water partition coefficient (Wildman–Crippen LogP) is 2.65. The number of rotatable bonds is 3. The molecule has 1 aliphatic rings. The van der Waals surface area contributed by atoms with Crippen LogP contribution in [0.1, 0.15) is 30.9 Å². The normalized spacial score (nSPS) is 19.5. The molecule has 0 bridgehead atoms. The summed E-state index contributed by atoms with van der Waals surface area (Å²) in [5.74, 6) is -0.331. The summed E-state index contributed by atoms with van der Waals surface area (Å²) in [6.07, 6.45) is 2.46. The van der Waals surface area contributed by atoms with Crippen LogP contribution < -0.4 is 11.5 Å². The van der Waals surface area contributed by atoms with Crippen molar-refractivity contribution in [1.82, 2.24) is 0 Å². The Bertz CT molecular complexity index is 458. The first kappa shape index (κ1) is 12.7. The molecule has 0 radical (unpaired) electrons. The van der Waals surface area contributed by atoms with Gasteiger partial charge in [0.25, 0.3) is 0 Å². The number of nitrogens with two attached hydrogens (primary N) is 2. The molecule has 1 amide bonds. The largest absolute Gasteiger partial charge is 0.369 e. The Morgan fingerprint density at radius 1 is 1.29 bits per heavy atom. The second-order valence-corrected chi connectivity index (χ2v) is 5.34. The number of benzene rings is 1. The Hall–Kier alpha value is -0.770. The average Bonchev–Trinajstić information content (AvgIpc) is 2.19. The van der Waals surface area contributed by atoms with Crippen molar-refractivity contribution in [2.75, 3.05) is 0 Å². The third kappa shape index (κ3) is 2.03. The molecule has 1 atom stereocenters. The van der Waals surface area contributed by atoms with Crippen LogP contribution in [0.4, 0.5) is 0 Å². The van der Waals surface area contributed by atoms with Crippen LogP contribution in [-0.4, -0.2) is 5.91 Å². The lowest BCUT2D eigenvalue weighted by Crippen LogP contribution is -2.50. The van der Waals surface area contributed by atoms with E-state index in [1.165, 1.54) is 0 Å². The van der Waals surface area contributed by atoms with Gasteiger partial charge in [-0.15, -0.1) is 0 Å². The average molecular weight is 273 g/mol. The van der Waals surface area contributed by atoms with E-state index in [0.29, 0.717) is 10.0 Å². The molecule has 4 N–H and O–H groups in total. The van der Waals surface area contributed by atoms with Crippen LogP contribution >= 0.6 is 23.2 Å². The number of primary amides is 1. The zero-order valence-corrected chi connectivity index (χ0v) is 10.8. The molecule has 0 aliphatic heterocycles. The molecule has 1 aromatic rings. The van der Waals surface area contributed by atoms with Crippen LogP contribution in [0.2, 0.25) is 10.0 Å². The molecule has 2 rings (SSSR count). The van der Waals surface area contributed by atoms with Crippen LogP contribution in [0.3, 0.4) is 0 Å². The van der Waals surface area contributed by atoms with Crippen molar-refractivity contribution in [1.29, 1.82) is 0 Å². The van der Waals surface area contributed by atoms with E-state index in [2.05, 4.69) is 0 Å². The molecular weight excluding hydrogens is 259 g/mol. The SMILES string of the molecule is NC(=O)C1(C(N)c2ccc(Cl)c(Cl)c2)CCC1. The molecule has 3 nitrogen and oxygen atoms in total. The monoisotopic (exact) mass is 272 g/mol. The van der Waals surface area contributed by atoms with E-state index in [-0.39, 0.29) is 5.91 Å². The van der Waals surface area contributed by atoms with Crippen molar-refractivity contribution < 1.29 is 4.79 Å². The van der Waals surface area contributed by atoms with Crippen LogP contribution in [0, 0.1) is 5.41 Å². The molecule has 17 heavy (non-hydrogen) atoms. The number of amides is 1. The Kier molecular flexibility index (Phi) is 3.34. The lowest BCUT2D eigenvalue weighted by molar-refractivity contribution is -0.134. The molecule has 0 aromatic heterocycles. The molecule has 0 saturated heterocycles. The Morgan fingerprint density at radius 2 is 1.94 bits per heavy atom. The van der Waals surface area contributed by atoms with Crippen molar-refractivity contribution in [2.45, 2.75) is 25.3 Å². The minimum atomic E-state index is -0.614. The predicted molar refractivity (Wildman–Crippen MR) is 68.9 cm³/mol. The zero-order valence-electron chi connectivity index (χ0n) is 9.25. The van der Waals surface area contributed by atoms with E-state index in [4.69, 9.17) is 34.7 Å². The molecule has 0 heterocycles. The lowest BCUT2D eigenvalue weighted by Gasteiger charge is -2.43. The molecule has 1 aromatic carbocycles. The Labute approximate surface area is 110 Å². The molecule has 5 heteroatoms. The van der Waals surface area contributed by atoms with Crippen molar-refractivity contribution in [3.63, 3.8) is 0 Å². The highest BCUT2D eigenvalue weighted by Crippen LogP contribution is 2.49. The van der Waals surface area contributed by atoms with Crippen LogP contribution in [0.25, 0.3) is 0 Å². The highest BCUT2D eigenvalue weighted by molar-refractivity contribution is 6.42. The zero-order chi connectivity index (χ0) is 12.6. The topological polar surface area (TPSA) is 69.1 Å². The first-order valence-corrected chi connectivity index (χ1v) is 6.23. The van der Waals surface area contributed by atoms with Gasteiger partial charge in [0.2, 0.25) is 5.91 Å². The second kappa shape index (κ2) is 4.48. The van der Waals surface area contributed by atoms with E-state index >= 15 is 0 Å². The molecule has 1 unspecified atom stereocenters. The molecule has 1 aliphatic carbocycles. The maximum absolute atomic E-state index is 11.6. The molecule has 1 fully saturated rings. The van der Waals surface area contributed by atoms with Crippen molar-refractivity contribution in [3.05, 3.63) is 33.8 Å². The van der Waals surface area contributed by atoms with E-state index < -0.39 is 11.5 Å². The summed E-state index contributed by atoms with van der Waals surface area (Å²) in [5.41, 5.74) is 11.8. The van der Waals surface area contributed by atoms with Gasteiger partial charge in [0, 0.05) is 6.04 Å². The molecule has 92 valence electrons. The minimum absolute atomic E-state index is 0.331. The molecule has 1 saturated carbocycles. The van der Waals surface area contributed by atoms with Gasteiger partial charge in [-0.3, -0.25) is 4.79 Å². The summed E-state index contributed by atoms with van der Waals surface area (Å²) >= 11 is 11.8. The van der Waals surface area contributed by atoms with E-state index in [1.54, 1.807) is 18.2 Å². The van der Waals surface area contributed by atoms with Gasteiger partial charge >= 0.3 is 0 Å². The molecule has 0 spiro atoms. The van der Waals surface area contributed by atoms with E-state index in [0.717, 1.165) is 24.8 Å². The van der Waals surface area contributed by atoms with Gasteiger partial charge in [0.15, 0.2) is 0 Å². The number of carbonyl (C=O) groups excluding carboxylic acids is 1. The maximum Gasteiger partial charge on any atom is 0.225 e. The fourth-order valence-corrected chi connectivity index (χ4v) is 2.60. The smallest absolute Gasteiger partial charge is 0.225 e. The van der Waals surface area contributed by atoms with Gasteiger partial charge in [-0.25, -0.2) is 0 Å². The fourth-order valence-electron chi connectivity index (χ4n) is 2.29. The van der Waals surface area contributed by atoms with Crippen molar-refractivity contribution >= 4 is 29.1 Å². The molecular formula is C12H14Cl2N2O. The second-order valence-electron chi connectivity index (χ2n) is 4.53. The summed E-state index contributed by atoms with van der Waals surface area (Å²) < 4.78 is 0. The van der Waals surface area contributed by atoms with Gasteiger partial charge in [-0.05, 0) is 30.5 Å². The number of halogens is 2. The van der Waals surface area contributed by atoms with E-state index in [1.807, 2.05) is 0 Å². The number of carbonyl (C=O) groups is 1. The number of hydrogen-bond donors (Lipinski definition) is 2. The fraction of sp³-hybridized carbons (Fsp3) is 0.417. The standard InChI is InChI=1S/C12H14Cl2N2O/c13-8-3-2-7(6-9(8)14)10(15)12(11(16)17)4-1-5-12/h2-3,6,10H,1,4-5,15H2,(H2,16,17). The summed E-state index contributed by atoms with van der Waals surface area (Å²) in [4.78, 5) is 11.6. The van der Waals surface area contributed by atoms with Crippen molar-refractivity contribution in [3.8, 4) is 0 Å². The van der Waals surface area contributed by atoms with Gasteiger partial charge in [0.05, 0.1) is 15.5 Å². The third-order valence-electron chi connectivity index (χ3n) is 3.63. The highest BCUT2D eigenvalue weighted by Gasteiger charge is 2.48. The van der Waals surface area contributed by atoms with Crippen LogP contribution in [0.15, 0.2) is 18.2 Å². The van der Waals surface area contributed by atoms with Gasteiger partial charge in [-0.1, -0.05) is 35.7 Å². The van der Waals surface area contributed by atoms with Crippen LogP contribution in [0.5, 0.6) is 0 Å². The first-order chi connectivity index (χ1) is 7.97. The third-order valence-corrected chi connectivity index (χ3v) is 4.37.